The quantitative estimate of drug-likeness (QED) is 0.637. The first-order valence-electron chi connectivity index (χ1n) is 9.77. The van der Waals surface area contributed by atoms with E-state index in [0.29, 0.717) is 17.3 Å². The summed E-state index contributed by atoms with van der Waals surface area (Å²) in [6.45, 7) is 5.16. The Balaban J connectivity index is 1.52. The second kappa shape index (κ2) is 9.45. The molecule has 1 fully saturated rings. The Bertz CT molecular complexity index is 931. The summed E-state index contributed by atoms with van der Waals surface area (Å²) >= 11 is 0. The summed E-state index contributed by atoms with van der Waals surface area (Å²) in [5.41, 5.74) is 1.56. The lowest BCUT2D eigenvalue weighted by Gasteiger charge is -2.26. The van der Waals surface area contributed by atoms with E-state index in [1.807, 2.05) is 36.4 Å². The van der Waals surface area contributed by atoms with Crippen molar-refractivity contribution in [2.75, 3.05) is 50.0 Å². The number of aromatic nitrogens is 2. The van der Waals surface area contributed by atoms with Gasteiger partial charge in [-0.15, -0.1) is 0 Å². The van der Waals surface area contributed by atoms with Crippen molar-refractivity contribution in [3.05, 3.63) is 66.5 Å². The normalized spacial score (nSPS) is 14.5. The Hall–Kier alpha value is -3.03. The zero-order valence-corrected chi connectivity index (χ0v) is 16.1. The van der Waals surface area contributed by atoms with Crippen LogP contribution in [-0.4, -0.2) is 54.3 Å². The van der Waals surface area contributed by atoms with Gasteiger partial charge in [-0.2, -0.15) is 0 Å². The number of halogens is 1. The maximum atomic E-state index is 13.5. The highest BCUT2D eigenvalue weighted by Crippen LogP contribution is 2.23. The third-order valence-electron chi connectivity index (χ3n) is 4.69. The van der Waals surface area contributed by atoms with Crippen molar-refractivity contribution in [3.63, 3.8) is 0 Å². The summed E-state index contributed by atoms with van der Waals surface area (Å²) in [7, 11) is 0. The minimum Gasteiger partial charge on any atom is -0.379 e. The second-order valence-corrected chi connectivity index (χ2v) is 6.84. The molecule has 0 aliphatic carbocycles. The van der Waals surface area contributed by atoms with E-state index in [2.05, 4.69) is 25.5 Å². The number of hydrogen-bond acceptors (Lipinski definition) is 6. The van der Waals surface area contributed by atoms with Crippen molar-refractivity contribution in [3.8, 4) is 11.4 Å². The SMILES string of the molecule is Fc1cccc(Nc2cc(NCCN3CCOCC3)nc(-c3ccccc3)n2)c1. The molecule has 6 nitrogen and oxygen atoms in total. The van der Waals surface area contributed by atoms with Gasteiger partial charge in [-0.05, 0) is 18.2 Å². The van der Waals surface area contributed by atoms with Crippen molar-refractivity contribution in [2.45, 2.75) is 0 Å². The van der Waals surface area contributed by atoms with Crippen LogP contribution in [0.2, 0.25) is 0 Å². The van der Waals surface area contributed by atoms with E-state index < -0.39 is 0 Å². The van der Waals surface area contributed by atoms with Gasteiger partial charge in [-0.1, -0.05) is 36.4 Å². The van der Waals surface area contributed by atoms with Gasteiger partial charge in [0.15, 0.2) is 5.82 Å². The molecule has 0 atom stereocenters. The monoisotopic (exact) mass is 393 g/mol. The summed E-state index contributed by atoms with van der Waals surface area (Å²) < 4.78 is 18.9. The molecule has 1 saturated heterocycles. The highest BCUT2D eigenvalue weighted by atomic mass is 19.1. The molecule has 0 spiro atoms. The summed E-state index contributed by atoms with van der Waals surface area (Å²) in [4.78, 5) is 11.6. The van der Waals surface area contributed by atoms with E-state index >= 15 is 0 Å². The van der Waals surface area contributed by atoms with E-state index in [1.54, 1.807) is 12.1 Å². The molecular weight excluding hydrogens is 369 g/mol. The van der Waals surface area contributed by atoms with Gasteiger partial charge in [-0.3, -0.25) is 4.90 Å². The van der Waals surface area contributed by atoms with Crippen LogP contribution in [-0.2, 0) is 4.74 Å². The van der Waals surface area contributed by atoms with Crippen molar-refractivity contribution >= 4 is 17.3 Å². The Morgan fingerprint density at radius 3 is 2.52 bits per heavy atom. The smallest absolute Gasteiger partial charge is 0.163 e. The van der Waals surface area contributed by atoms with E-state index in [4.69, 9.17) is 4.74 Å². The summed E-state index contributed by atoms with van der Waals surface area (Å²) in [6, 6.07) is 18.0. The minimum atomic E-state index is -0.295. The molecule has 150 valence electrons. The molecule has 3 aromatic rings. The van der Waals surface area contributed by atoms with E-state index in [1.165, 1.54) is 12.1 Å². The highest BCUT2D eigenvalue weighted by Gasteiger charge is 2.11. The lowest BCUT2D eigenvalue weighted by atomic mass is 10.2. The third kappa shape index (κ3) is 5.49. The van der Waals surface area contributed by atoms with Gasteiger partial charge >= 0.3 is 0 Å². The maximum absolute atomic E-state index is 13.5. The Kier molecular flexibility index (Phi) is 6.29. The first-order valence-corrected chi connectivity index (χ1v) is 9.77. The van der Waals surface area contributed by atoms with Crippen LogP contribution in [0.25, 0.3) is 11.4 Å². The Morgan fingerprint density at radius 2 is 1.72 bits per heavy atom. The van der Waals surface area contributed by atoms with Crippen LogP contribution in [0.4, 0.5) is 21.7 Å². The van der Waals surface area contributed by atoms with E-state index in [9.17, 15) is 4.39 Å². The molecule has 1 aliphatic heterocycles. The molecule has 2 heterocycles. The predicted octanol–water partition coefficient (Wildman–Crippen LogP) is 3.77. The van der Waals surface area contributed by atoms with Gasteiger partial charge in [0, 0.05) is 43.5 Å². The number of ether oxygens (including phenoxy) is 1. The number of nitrogens with zero attached hydrogens (tertiary/aromatic N) is 3. The Labute approximate surface area is 169 Å². The van der Waals surface area contributed by atoms with Gasteiger partial charge in [0.25, 0.3) is 0 Å². The molecule has 2 aromatic carbocycles. The van der Waals surface area contributed by atoms with Gasteiger partial charge in [0.2, 0.25) is 0 Å². The maximum Gasteiger partial charge on any atom is 0.163 e. The van der Waals surface area contributed by atoms with Crippen molar-refractivity contribution in [1.29, 1.82) is 0 Å². The van der Waals surface area contributed by atoms with Crippen molar-refractivity contribution in [1.82, 2.24) is 14.9 Å². The van der Waals surface area contributed by atoms with Crippen LogP contribution in [0.15, 0.2) is 60.7 Å². The number of benzene rings is 2. The van der Waals surface area contributed by atoms with Gasteiger partial charge in [0.05, 0.1) is 13.2 Å². The average molecular weight is 393 g/mol. The van der Waals surface area contributed by atoms with Gasteiger partial charge < -0.3 is 15.4 Å². The zero-order chi connectivity index (χ0) is 19.9. The van der Waals surface area contributed by atoms with Crippen LogP contribution in [0.3, 0.4) is 0 Å². The summed E-state index contributed by atoms with van der Waals surface area (Å²) in [5, 5.41) is 6.57. The molecule has 29 heavy (non-hydrogen) atoms. The highest BCUT2D eigenvalue weighted by molar-refractivity contribution is 5.65. The van der Waals surface area contributed by atoms with Crippen LogP contribution in [0, 0.1) is 5.82 Å². The molecule has 1 aromatic heterocycles. The third-order valence-corrected chi connectivity index (χ3v) is 4.69. The number of rotatable bonds is 7. The summed E-state index contributed by atoms with van der Waals surface area (Å²) in [6.07, 6.45) is 0. The van der Waals surface area contributed by atoms with Crippen molar-refractivity contribution < 1.29 is 9.13 Å². The fourth-order valence-corrected chi connectivity index (χ4v) is 3.20. The molecule has 2 N–H and O–H groups in total. The minimum absolute atomic E-state index is 0.295. The van der Waals surface area contributed by atoms with Crippen molar-refractivity contribution in [2.24, 2.45) is 0 Å². The molecule has 0 bridgehead atoms. The molecule has 0 radical (unpaired) electrons. The predicted molar refractivity (Wildman–Crippen MR) is 113 cm³/mol. The second-order valence-electron chi connectivity index (χ2n) is 6.84. The molecule has 0 amide bonds. The average Bonchev–Trinajstić information content (AvgIpc) is 2.75. The molecule has 7 heteroatoms. The van der Waals surface area contributed by atoms with E-state index in [-0.39, 0.29) is 5.82 Å². The lowest BCUT2D eigenvalue weighted by molar-refractivity contribution is 0.0398. The molecular formula is C22H24FN5O. The molecule has 4 rings (SSSR count). The number of morpholine rings is 1. The van der Waals surface area contributed by atoms with E-state index in [0.717, 1.165) is 50.8 Å². The topological polar surface area (TPSA) is 62.3 Å². The fourth-order valence-electron chi connectivity index (χ4n) is 3.20. The van der Waals surface area contributed by atoms with Crippen LogP contribution >= 0.6 is 0 Å². The lowest BCUT2D eigenvalue weighted by Crippen LogP contribution is -2.39. The zero-order valence-electron chi connectivity index (χ0n) is 16.1. The number of anilines is 3. The largest absolute Gasteiger partial charge is 0.379 e. The Morgan fingerprint density at radius 1 is 0.931 bits per heavy atom. The van der Waals surface area contributed by atoms with Crippen LogP contribution < -0.4 is 10.6 Å². The standard InChI is InChI=1S/C22H24FN5O/c23-18-7-4-8-19(15-18)25-21-16-20(24-9-10-28-11-13-29-14-12-28)26-22(27-21)17-5-2-1-3-6-17/h1-8,15-16H,9-14H2,(H2,24,25,26,27). The van der Waals surface area contributed by atoms with Gasteiger partial charge in [-0.25, -0.2) is 14.4 Å². The van der Waals surface area contributed by atoms with Crippen LogP contribution in [0.5, 0.6) is 0 Å². The number of nitrogens with one attached hydrogen (secondary N) is 2. The molecule has 1 aliphatic rings. The first kappa shape index (κ1) is 19.3. The molecule has 0 unspecified atom stereocenters. The fraction of sp³-hybridized carbons (Fsp3) is 0.273. The van der Waals surface area contributed by atoms with Crippen LogP contribution in [0.1, 0.15) is 0 Å². The molecule has 0 saturated carbocycles. The summed E-state index contributed by atoms with van der Waals surface area (Å²) in [5.74, 6) is 1.65. The van der Waals surface area contributed by atoms with Gasteiger partial charge in [0.1, 0.15) is 17.5 Å². The first-order chi connectivity index (χ1) is 14.3. The number of hydrogen-bond donors (Lipinski definition) is 2.